The van der Waals surface area contributed by atoms with Crippen molar-refractivity contribution in [1.82, 2.24) is 16.0 Å². The van der Waals surface area contributed by atoms with Gasteiger partial charge in [0.2, 0.25) is 18.2 Å². The van der Waals surface area contributed by atoms with E-state index < -0.39 is 35.7 Å². The highest BCUT2D eigenvalue weighted by Gasteiger charge is 2.21. The van der Waals surface area contributed by atoms with Gasteiger partial charge in [-0.25, -0.2) is 4.79 Å². The third-order valence-corrected chi connectivity index (χ3v) is 5.37. The number of phenolic OH excluding ortho intramolecular Hbond substituents is 1. The first-order valence-corrected chi connectivity index (χ1v) is 12.1. The lowest BCUT2D eigenvalue weighted by Crippen LogP contribution is -2.47. The van der Waals surface area contributed by atoms with Gasteiger partial charge in [-0.1, -0.05) is 24.3 Å². The molecule has 0 spiro atoms. The Bertz CT molecular complexity index is 1130. The summed E-state index contributed by atoms with van der Waals surface area (Å²) in [6.07, 6.45) is 5.73. The molecule has 0 heterocycles. The topological polar surface area (TPSA) is 180 Å². The number of allylic oxidation sites excluding steroid dienone is 3. The van der Waals surface area contributed by atoms with Crippen LogP contribution in [0.4, 0.5) is 4.79 Å². The molecule has 1 aliphatic rings. The third kappa shape index (κ3) is 10.1. The van der Waals surface area contributed by atoms with Gasteiger partial charge in [0.1, 0.15) is 17.4 Å². The number of ether oxygens (including phenoxy) is 1. The molecule has 11 nitrogen and oxygen atoms in total. The van der Waals surface area contributed by atoms with E-state index in [2.05, 4.69) is 16.0 Å². The van der Waals surface area contributed by atoms with Crippen LogP contribution in [0.25, 0.3) is 5.57 Å². The van der Waals surface area contributed by atoms with Crippen molar-refractivity contribution in [3.05, 3.63) is 59.2 Å². The van der Waals surface area contributed by atoms with Crippen molar-refractivity contribution in [1.29, 1.82) is 0 Å². The number of nitrogens with two attached hydrogens (primary N) is 1. The Morgan fingerprint density at radius 1 is 1.18 bits per heavy atom. The number of primary amides is 1. The van der Waals surface area contributed by atoms with E-state index in [1.54, 1.807) is 58.1 Å². The molecule has 11 heteroatoms. The van der Waals surface area contributed by atoms with Crippen molar-refractivity contribution in [3.63, 3.8) is 0 Å². The van der Waals surface area contributed by atoms with Gasteiger partial charge in [0.25, 0.3) is 0 Å². The predicted molar refractivity (Wildman–Crippen MR) is 142 cm³/mol. The zero-order valence-corrected chi connectivity index (χ0v) is 22.0. The number of amides is 4. The number of hydrogen-bond donors (Lipinski definition) is 6. The molecule has 0 aliphatic heterocycles. The maximum Gasteiger partial charge on any atom is 0.407 e. The first-order valence-electron chi connectivity index (χ1n) is 12.1. The standard InChI is InChI=1S/C27H36N4O7/c1-16(30-26(37)38-27(2,3)4)9-20-13-19(6-8-23(20)34)18-5-7-21(33)11-17(10-18)12-22(25(28)36)31-24(35)14-29-15-32/h5-8,10-11,13,15-16,21-22,33-34H,9,12,14H2,1-4H3,(H2,28,36)(H,29,32)(H,30,37)(H,31,35). The molecule has 3 unspecified atom stereocenters. The quantitative estimate of drug-likeness (QED) is 0.233. The van der Waals surface area contributed by atoms with Gasteiger partial charge in [0, 0.05) is 12.5 Å². The summed E-state index contributed by atoms with van der Waals surface area (Å²) in [5, 5.41) is 28.2. The molecule has 0 fully saturated rings. The van der Waals surface area contributed by atoms with E-state index in [1.165, 1.54) is 12.1 Å². The largest absolute Gasteiger partial charge is 0.508 e. The highest BCUT2D eigenvalue weighted by Crippen LogP contribution is 2.28. The van der Waals surface area contributed by atoms with Crippen LogP contribution in [0.3, 0.4) is 0 Å². The molecule has 0 radical (unpaired) electrons. The Kier molecular flexibility index (Phi) is 10.6. The highest BCUT2D eigenvalue weighted by atomic mass is 16.6. The zero-order chi connectivity index (χ0) is 28.5. The molecule has 206 valence electrons. The van der Waals surface area contributed by atoms with Crippen LogP contribution in [0.5, 0.6) is 5.75 Å². The van der Waals surface area contributed by atoms with Crippen LogP contribution in [0.15, 0.2) is 48.1 Å². The summed E-state index contributed by atoms with van der Waals surface area (Å²) < 4.78 is 5.28. The van der Waals surface area contributed by atoms with E-state index in [4.69, 9.17) is 10.5 Å². The summed E-state index contributed by atoms with van der Waals surface area (Å²) in [7, 11) is 0. The molecule has 3 atom stereocenters. The van der Waals surface area contributed by atoms with Crippen molar-refractivity contribution in [2.45, 2.75) is 64.3 Å². The molecular formula is C27H36N4O7. The van der Waals surface area contributed by atoms with Crippen LogP contribution in [0.2, 0.25) is 0 Å². The van der Waals surface area contributed by atoms with Crippen LogP contribution in [-0.2, 0) is 25.5 Å². The van der Waals surface area contributed by atoms with Crippen LogP contribution >= 0.6 is 0 Å². The number of carbonyl (C=O) groups excluding carboxylic acids is 4. The first-order chi connectivity index (χ1) is 17.8. The Hall–Kier alpha value is -4.12. The van der Waals surface area contributed by atoms with Gasteiger partial charge in [0.15, 0.2) is 0 Å². The van der Waals surface area contributed by atoms with Crippen LogP contribution in [-0.4, -0.2) is 64.9 Å². The van der Waals surface area contributed by atoms with Gasteiger partial charge in [0.05, 0.1) is 12.6 Å². The SMILES string of the molecule is CC(Cc1cc(C2=CC(CC(NC(=O)CNC=O)C(N)=O)=CC(O)C=C2)ccc1O)NC(=O)OC(C)(C)C. The van der Waals surface area contributed by atoms with Gasteiger partial charge >= 0.3 is 6.09 Å². The molecule has 0 aromatic heterocycles. The maximum absolute atomic E-state index is 12.1. The third-order valence-electron chi connectivity index (χ3n) is 5.37. The molecule has 0 bridgehead atoms. The maximum atomic E-state index is 12.1. The fourth-order valence-electron chi connectivity index (χ4n) is 3.74. The highest BCUT2D eigenvalue weighted by molar-refractivity contribution is 5.88. The summed E-state index contributed by atoms with van der Waals surface area (Å²) in [5.74, 6) is -1.30. The Balaban J connectivity index is 2.24. The summed E-state index contributed by atoms with van der Waals surface area (Å²) in [6.45, 7) is 6.79. The Morgan fingerprint density at radius 3 is 2.53 bits per heavy atom. The Morgan fingerprint density at radius 2 is 1.89 bits per heavy atom. The number of benzene rings is 1. The number of carbonyl (C=O) groups is 4. The number of aliphatic hydroxyl groups excluding tert-OH is 1. The van der Waals surface area contributed by atoms with Gasteiger partial charge in [-0.15, -0.1) is 0 Å². The summed E-state index contributed by atoms with van der Waals surface area (Å²) in [5.41, 5.74) is 7.35. The predicted octanol–water partition coefficient (Wildman–Crippen LogP) is 1.19. The lowest BCUT2D eigenvalue weighted by atomic mass is 9.96. The molecule has 7 N–H and O–H groups in total. The van der Waals surface area contributed by atoms with Crippen molar-refractivity contribution < 1.29 is 34.1 Å². The molecule has 0 saturated carbocycles. The monoisotopic (exact) mass is 528 g/mol. The second-order valence-corrected chi connectivity index (χ2v) is 10.0. The molecule has 1 aromatic carbocycles. The second kappa shape index (κ2) is 13.4. The van der Waals surface area contributed by atoms with Gasteiger partial charge in [-0.2, -0.15) is 0 Å². The average molecular weight is 529 g/mol. The summed E-state index contributed by atoms with van der Waals surface area (Å²) in [6, 6.07) is 3.61. The fraction of sp³-hybridized carbons (Fsp3) is 0.407. The van der Waals surface area contributed by atoms with Crippen molar-refractivity contribution in [2.24, 2.45) is 5.73 Å². The zero-order valence-electron chi connectivity index (χ0n) is 22.0. The fourth-order valence-corrected chi connectivity index (χ4v) is 3.74. The van der Waals surface area contributed by atoms with Crippen LogP contribution in [0.1, 0.15) is 45.2 Å². The molecule has 2 rings (SSSR count). The average Bonchev–Trinajstić information content (AvgIpc) is 2.98. The lowest BCUT2D eigenvalue weighted by Gasteiger charge is -2.22. The Labute approximate surface area is 221 Å². The van der Waals surface area contributed by atoms with Gasteiger partial charge in [-0.05, 0) is 74.6 Å². The number of aromatic hydroxyl groups is 1. The van der Waals surface area contributed by atoms with E-state index in [0.717, 1.165) is 0 Å². The second-order valence-electron chi connectivity index (χ2n) is 10.0. The molecular weight excluding hydrogens is 492 g/mol. The number of rotatable bonds is 11. The van der Waals surface area contributed by atoms with E-state index in [9.17, 15) is 29.4 Å². The van der Waals surface area contributed by atoms with Crippen LogP contribution < -0.4 is 21.7 Å². The van der Waals surface area contributed by atoms with Crippen molar-refractivity contribution in [3.8, 4) is 5.75 Å². The molecule has 4 amide bonds. The molecule has 0 saturated heterocycles. The number of phenols is 1. The minimum Gasteiger partial charge on any atom is -0.508 e. The lowest BCUT2D eigenvalue weighted by molar-refractivity contribution is -0.127. The molecule has 38 heavy (non-hydrogen) atoms. The normalized spacial score (nSPS) is 16.7. The minimum atomic E-state index is -1.07. The molecule has 1 aromatic rings. The van der Waals surface area contributed by atoms with Crippen molar-refractivity contribution >= 4 is 29.9 Å². The van der Waals surface area contributed by atoms with E-state index in [0.29, 0.717) is 35.1 Å². The van der Waals surface area contributed by atoms with E-state index in [-0.39, 0.29) is 24.8 Å². The van der Waals surface area contributed by atoms with Crippen molar-refractivity contribution in [2.75, 3.05) is 6.54 Å². The van der Waals surface area contributed by atoms with Gasteiger partial charge in [-0.3, -0.25) is 14.4 Å². The van der Waals surface area contributed by atoms with E-state index >= 15 is 0 Å². The smallest absolute Gasteiger partial charge is 0.407 e. The number of aliphatic hydroxyl groups is 1. The first kappa shape index (κ1) is 30.1. The summed E-state index contributed by atoms with van der Waals surface area (Å²) in [4.78, 5) is 46.5. The minimum absolute atomic E-state index is 0.00614. The molecule has 1 aliphatic carbocycles. The summed E-state index contributed by atoms with van der Waals surface area (Å²) >= 11 is 0. The number of nitrogens with one attached hydrogen (secondary N) is 3. The number of hydrogen-bond acceptors (Lipinski definition) is 7. The number of alkyl carbamates (subject to hydrolysis) is 1. The van der Waals surface area contributed by atoms with E-state index in [1.807, 2.05) is 0 Å². The van der Waals surface area contributed by atoms with Gasteiger partial charge < -0.3 is 36.6 Å². The van der Waals surface area contributed by atoms with Crippen LogP contribution in [0, 0.1) is 0 Å².